The van der Waals surface area contributed by atoms with Crippen LogP contribution in [0.4, 0.5) is 0 Å². The summed E-state index contributed by atoms with van der Waals surface area (Å²) in [6.45, 7) is 0. The standard InChI is InChI=1S/C5H8ClNO2/c1-9-5(8)4(7)2-3-6/h2-4H,7H2,1H3/b3-2+. The number of hydrogen-bond acceptors (Lipinski definition) is 3. The second-order valence-electron chi connectivity index (χ2n) is 1.37. The topological polar surface area (TPSA) is 52.3 Å². The van der Waals surface area contributed by atoms with Gasteiger partial charge in [0.25, 0.3) is 0 Å². The summed E-state index contributed by atoms with van der Waals surface area (Å²) in [6, 6.07) is -0.743. The van der Waals surface area contributed by atoms with E-state index < -0.39 is 12.0 Å². The van der Waals surface area contributed by atoms with Crippen molar-refractivity contribution in [3.63, 3.8) is 0 Å². The average molecular weight is 150 g/mol. The number of ether oxygens (including phenoxy) is 1. The predicted molar refractivity (Wildman–Crippen MR) is 35.0 cm³/mol. The molecule has 52 valence electrons. The summed E-state index contributed by atoms with van der Waals surface area (Å²) in [4.78, 5) is 10.4. The van der Waals surface area contributed by atoms with E-state index >= 15 is 0 Å². The minimum absolute atomic E-state index is 0.494. The first-order chi connectivity index (χ1) is 4.22. The summed E-state index contributed by atoms with van der Waals surface area (Å²) in [6.07, 6.45) is 1.34. The number of hydrogen-bond donors (Lipinski definition) is 1. The Labute approximate surface area is 58.4 Å². The first-order valence-electron chi connectivity index (χ1n) is 2.32. The first kappa shape index (κ1) is 8.46. The fourth-order valence-corrected chi connectivity index (χ4v) is 0.450. The summed E-state index contributed by atoms with van der Waals surface area (Å²) >= 11 is 5.13. The van der Waals surface area contributed by atoms with Crippen molar-refractivity contribution in [1.82, 2.24) is 0 Å². The molecule has 3 nitrogen and oxygen atoms in total. The zero-order valence-electron chi connectivity index (χ0n) is 5.00. The van der Waals surface area contributed by atoms with E-state index in [0.717, 1.165) is 0 Å². The molecule has 0 aromatic heterocycles. The summed E-state index contributed by atoms with van der Waals surface area (Å²) in [5.41, 5.74) is 6.37. The van der Waals surface area contributed by atoms with Gasteiger partial charge in [0.2, 0.25) is 0 Å². The molecule has 1 unspecified atom stereocenters. The fourth-order valence-electron chi connectivity index (χ4n) is 0.293. The van der Waals surface area contributed by atoms with Gasteiger partial charge in [-0.25, -0.2) is 0 Å². The zero-order valence-corrected chi connectivity index (χ0v) is 5.76. The zero-order chi connectivity index (χ0) is 7.28. The highest BCUT2D eigenvalue weighted by atomic mass is 35.5. The van der Waals surface area contributed by atoms with Crippen LogP contribution in [0.2, 0.25) is 0 Å². The predicted octanol–water partition coefficient (Wildman–Crippen LogP) is 0.239. The van der Waals surface area contributed by atoms with Crippen LogP contribution in [0.5, 0.6) is 0 Å². The molecule has 9 heavy (non-hydrogen) atoms. The van der Waals surface area contributed by atoms with Crippen LogP contribution in [0.25, 0.3) is 0 Å². The number of esters is 1. The molecule has 0 fully saturated rings. The second kappa shape index (κ2) is 4.35. The van der Waals surface area contributed by atoms with Gasteiger partial charge in [-0.1, -0.05) is 11.6 Å². The molecule has 0 saturated carbocycles. The summed E-state index contributed by atoms with van der Waals surface area (Å²) in [5, 5.41) is 0. The van der Waals surface area contributed by atoms with E-state index in [2.05, 4.69) is 4.74 Å². The Hall–Kier alpha value is -0.540. The molecule has 0 aliphatic rings. The molecule has 0 heterocycles. The lowest BCUT2D eigenvalue weighted by atomic mass is 10.3. The molecule has 1 atom stereocenters. The number of rotatable bonds is 2. The monoisotopic (exact) mass is 149 g/mol. The van der Waals surface area contributed by atoms with E-state index in [0.29, 0.717) is 0 Å². The van der Waals surface area contributed by atoms with Crippen molar-refractivity contribution < 1.29 is 9.53 Å². The summed E-state index contributed by atoms with van der Waals surface area (Å²) in [7, 11) is 1.27. The number of nitrogens with two attached hydrogens (primary N) is 1. The van der Waals surface area contributed by atoms with Gasteiger partial charge in [0.1, 0.15) is 6.04 Å². The van der Waals surface area contributed by atoms with Crippen LogP contribution >= 0.6 is 11.6 Å². The Morgan fingerprint density at radius 1 is 1.89 bits per heavy atom. The minimum Gasteiger partial charge on any atom is -0.468 e. The quantitative estimate of drug-likeness (QED) is 0.573. The van der Waals surface area contributed by atoms with Crippen LogP contribution in [0.15, 0.2) is 11.6 Å². The largest absolute Gasteiger partial charge is 0.468 e. The van der Waals surface area contributed by atoms with E-state index in [1.54, 1.807) is 0 Å². The van der Waals surface area contributed by atoms with E-state index in [-0.39, 0.29) is 0 Å². The van der Waals surface area contributed by atoms with Gasteiger partial charge in [-0.15, -0.1) is 0 Å². The lowest BCUT2D eigenvalue weighted by molar-refractivity contribution is -0.140. The van der Waals surface area contributed by atoms with Gasteiger partial charge >= 0.3 is 5.97 Å². The molecule has 0 aromatic carbocycles. The maximum absolute atomic E-state index is 10.4. The van der Waals surface area contributed by atoms with E-state index in [1.807, 2.05) is 0 Å². The van der Waals surface area contributed by atoms with Gasteiger partial charge in [-0.3, -0.25) is 4.79 Å². The van der Waals surface area contributed by atoms with Crippen molar-refractivity contribution in [2.45, 2.75) is 6.04 Å². The Balaban J connectivity index is 3.72. The molecule has 0 rings (SSSR count). The van der Waals surface area contributed by atoms with Crippen molar-refractivity contribution >= 4 is 17.6 Å². The molecule has 0 spiro atoms. The van der Waals surface area contributed by atoms with Gasteiger partial charge in [0, 0.05) is 5.54 Å². The fraction of sp³-hybridized carbons (Fsp3) is 0.400. The van der Waals surface area contributed by atoms with Gasteiger partial charge in [0.15, 0.2) is 0 Å². The highest BCUT2D eigenvalue weighted by molar-refractivity contribution is 6.25. The van der Waals surface area contributed by atoms with Crippen LogP contribution < -0.4 is 5.73 Å². The maximum atomic E-state index is 10.4. The van der Waals surface area contributed by atoms with Crippen LogP contribution in [0.1, 0.15) is 0 Å². The SMILES string of the molecule is COC(=O)C(N)/C=C/Cl. The maximum Gasteiger partial charge on any atom is 0.326 e. The molecule has 0 amide bonds. The highest BCUT2D eigenvalue weighted by Gasteiger charge is 2.07. The second-order valence-corrected chi connectivity index (χ2v) is 1.62. The lowest BCUT2D eigenvalue weighted by Gasteiger charge is -2.00. The van der Waals surface area contributed by atoms with E-state index in [4.69, 9.17) is 17.3 Å². The van der Waals surface area contributed by atoms with Gasteiger partial charge < -0.3 is 10.5 Å². The third kappa shape index (κ3) is 3.11. The van der Waals surface area contributed by atoms with Crippen molar-refractivity contribution in [3.8, 4) is 0 Å². The summed E-state index contributed by atoms with van der Waals surface area (Å²) in [5.74, 6) is -0.494. The molecule has 0 aliphatic heterocycles. The molecule has 2 N–H and O–H groups in total. The van der Waals surface area contributed by atoms with Crippen LogP contribution in [0.3, 0.4) is 0 Å². The van der Waals surface area contributed by atoms with Crippen molar-refractivity contribution in [1.29, 1.82) is 0 Å². The Morgan fingerprint density at radius 2 is 2.44 bits per heavy atom. The van der Waals surface area contributed by atoms with Crippen LogP contribution in [-0.2, 0) is 9.53 Å². The van der Waals surface area contributed by atoms with Gasteiger partial charge in [-0.05, 0) is 6.08 Å². The average Bonchev–Trinajstić information content (AvgIpc) is 1.87. The third-order valence-corrected chi connectivity index (χ3v) is 0.899. The van der Waals surface area contributed by atoms with Crippen molar-refractivity contribution in [3.05, 3.63) is 11.6 Å². The Kier molecular flexibility index (Phi) is 4.09. The molecule has 0 aliphatic carbocycles. The Bertz CT molecular complexity index is 124. The molecular formula is C5H8ClNO2. The normalized spacial score (nSPS) is 13.7. The summed E-state index contributed by atoms with van der Waals surface area (Å²) < 4.78 is 4.29. The van der Waals surface area contributed by atoms with E-state index in [9.17, 15) is 4.79 Å². The smallest absolute Gasteiger partial charge is 0.326 e. The molecule has 0 aromatic rings. The molecule has 0 radical (unpaired) electrons. The van der Waals surface area contributed by atoms with E-state index in [1.165, 1.54) is 18.7 Å². The van der Waals surface area contributed by atoms with Crippen LogP contribution in [-0.4, -0.2) is 19.1 Å². The molecule has 0 saturated heterocycles. The lowest BCUT2D eigenvalue weighted by Crippen LogP contribution is -2.28. The number of halogens is 1. The first-order valence-corrected chi connectivity index (χ1v) is 2.76. The molecular weight excluding hydrogens is 142 g/mol. The van der Waals surface area contributed by atoms with Crippen molar-refractivity contribution in [2.24, 2.45) is 5.73 Å². The van der Waals surface area contributed by atoms with Gasteiger partial charge in [-0.2, -0.15) is 0 Å². The Morgan fingerprint density at radius 3 is 2.78 bits per heavy atom. The highest BCUT2D eigenvalue weighted by Crippen LogP contribution is 1.87. The number of carbonyl (C=O) groups is 1. The third-order valence-electron chi connectivity index (χ3n) is 0.753. The molecule has 0 bridgehead atoms. The molecule has 4 heteroatoms. The number of carbonyl (C=O) groups excluding carboxylic acids is 1. The van der Waals surface area contributed by atoms with Gasteiger partial charge in [0.05, 0.1) is 7.11 Å². The minimum atomic E-state index is -0.743. The van der Waals surface area contributed by atoms with Crippen molar-refractivity contribution in [2.75, 3.05) is 7.11 Å². The van der Waals surface area contributed by atoms with Crippen LogP contribution in [0, 0.1) is 0 Å². The number of methoxy groups -OCH3 is 1.